The van der Waals surface area contributed by atoms with Gasteiger partial charge in [0.15, 0.2) is 0 Å². The number of aliphatic hydroxyl groups is 1. The van der Waals surface area contributed by atoms with Gasteiger partial charge < -0.3 is 5.11 Å². The highest BCUT2D eigenvalue weighted by molar-refractivity contribution is 8.45. The molecule has 1 nitrogen and oxygen atoms in total. The molecule has 0 radical (unpaired) electrons. The van der Waals surface area contributed by atoms with Crippen LogP contribution in [0.5, 0.6) is 0 Å². The average molecular weight is 378 g/mol. The van der Waals surface area contributed by atoms with E-state index < -0.39 is 26.6 Å². The lowest BCUT2D eigenvalue weighted by Crippen LogP contribution is -2.36. The van der Waals surface area contributed by atoms with Crippen LogP contribution in [0.2, 0.25) is 0 Å². The Bertz CT molecular complexity index is 758. The van der Waals surface area contributed by atoms with Crippen molar-refractivity contribution in [1.29, 1.82) is 0 Å². The fraction of sp³-hybridized carbons (Fsp3) is 0.333. The molecular weight excluding hydrogens is 359 g/mol. The third-order valence-corrected chi connectivity index (χ3v) is 6.04. The van der Waals surface area contributed by atoms with Crippen LogP contribution in [0.4, 0.5) is 19.4 Å². The maximum Gasteiger partial charge on any atom is 0.310 e. The van der Waals surface area contributed by atoms with Gasteiger partial charge in [-0.3, -0.25) is 0 Å². The predicted octanol–water partition coefficient (Wildman–Crippen LogP) is 6.89. The van der Waals surface area contributed by atoms with Crippen LogP contribution in [0.3, 0.4) is 0 Å². The van der Waals surface area contributed by atoms with E-state index in [1.54, 1.807) is 24.3 Å². The lowest BCUT2D eigenvalue weighted by Gasteiger charge is -2.42. The number of halogens is 5. The van der Waals surface area contributed by atoms with Gasteiger partial charge in [0.1, 0.15) is 4.90 Å². The van der Waals surface area contributed by atoms with E-state index >= 15 is 0 Å². The molecule has 0 unspecified atom stereocenters. The van der Waals surface area contributed by atoms with Crippen LogP contribution in [-0.4, -0.2) is 5.11 Å². The zero-order valence-corrected chi connectivity index (χ0v) is 14.2. The lowest BCUT2D eigenvalue weighted by atomic mass is 9.69. The van der Waals surface area contributed by atoms with Gasteiger partial charge in [0, 0.05) is 5.92 Å². The SMILES string of the molecule is O[C@]1(c2ccccc2)CCCC[C@@H]1c1ccc(S(F)(F)(F)(F)F)cc1. The molecule has 2 aromatic carbocycles. The fourth-order valence-corrected chi connectivity index (χ4v) is 4.28. The molecule has 0 amide bonds. The number of benzene rings is 2. The molecule has 1 aliphatic carbocycles. The second-order valence-electron chi connectivity index (χ2n) is 6.63. The van der Waals surface area contributed by atoms with E-state index in [1.807, 2.05) is 6.07 Å². The molecule has 1 saturated carbocycles. The highest BCUT2D eigenvalue weighted by Gasteiger charge is 2.65. The van der Waals surface area contributed by atoms with Crippen LogP contribution in [-0.2, 0) is 5.60 Å². The van der Waals surface area contributed by atoms with Crippen LogP contribution in [0.25, 0.3) is 0 Å². The minimum atomic E-state index is -9.68. The lowest BCUT2D eigenvalue weighted by molar-refractivity contribution is -0.0224. The third kappa shape index (κ3) is 3.67. The maximum atomic E-state index is 12.9. The Labute approximate surface area is 143 Å². The summed E-state index contributed by atoms with van der Waals surface area (Å²) < 4.78 is 64.4. The van der Waals surface area contributed by atoms with E-state index in [-0.39, 0.29) is 0 Å². The zero-order valence-electron chi connectivity index (χ0n) is 13.3. The Morgan fingerprint density at radius 2 is 1.44 bits per heavy atom. The molecule has 1 aliphatic rings. The summed E-state index contributed by atoms with van der Waals surface area (Å²) in [6.07, 6.45) is 2.68. The fourth-order valence-electron chi connectivity index (χ4n) is 3.63. The van der Waals surface area contributed by atoms with Gasteiger partial charge in [-0.1, -0.05) is 74.7 Å². The normalized spacial score (nSPS) is 27.4. The van der Waals surface area contributed by atoms with Crippen molar-refractivity contribution in [2.45, 2.75) is 42.1 Å². The topological polar surface area (TPSA) is 20.2 Å². The van der Waals surface area contributed by atoms with Gasteiger partial charge in [0.25, 0.3) is 0 Å². The molecule has 2 atom stereocenters. The number of hydrogen-bond donors (Lipinski definition) is 1. The Morgan fingerprint density at radius 1 is 0.840 bits per heavy atom. The smallest absolute Gasteiger partial charge is 0.310 e. The summed E-state index contributed by atoms with van der Waals surface area (Å²) in [5.41, 5.74) is -0.0800. The Hall–Kier alpha value is -1.60. The Balaban J connectivity index is 2.00. The van der Waals surface area contributed by atoms with Gasteiger partial charge in [-0.15, -0.1) is 0 Å². The van der Waals surface area contributed by atoms with Crippen molar-refractivity contribution in [3.05, 3.63) is 65.7 Å². The summed E-state index contributed by atoms with van der Waals surface area (Å²) in [4.78, 5) is -1.90. The van der Waals surface area contributed by atoms with Gasteiger partial charge in [0.2, 0.25) is 0 Å². The summed E-state index contributed by atoms with van der Waals surface area (Å²) in [6, 6.07) is 11.9. The highest BCUT2D eigenvalue weighted by atomic mass is 32.5. The van der Waals surface area contributed by atoms with Gasteiger partial charge >= 0.3 is 10.2 Å². The first-order valence-electron chi connectivity index (χ1n) is 8.02. The molecule has 0 heterocycles. The first kappa shape index (κ1) is 18.2. The van der Waals surface area contributed by atoms with Crippen LogP contribution in [0.1, 0.15) is 42.7 Å². The van der Waals surface area contributed by atoms with Crippen LogP contribution in [0, 0.1) is 0 Å². The van der Waals surface area contributed by atoms with Gasteiger partial charge in [0.05, 0.1) is 5.60 Å². The summed E-state index contributed by atoms with van der Waals surface area (Å²) in [5.74, 6) is -0.434. The average Bonchev–Trinajstić information content (AvgIpc) is 2.54. The van der Waals surface area contributed by atoms with Crippen molar-refractivity contribution >= 4 is 10.2 Å². The second kappa shape index (κ2) is 5.20. The predicted molar refractivity (Wildman–Crippen MR) is 89.4 cm³/mol. The first-order chi connectivity index (χ1) is 11.4. The van der Waals surface area contributed by atoms with E-state index in [9.17, 15) is 24.5 Å². The van der Waals surface area contributed by atoms with E-state index in [2.05, 4.69) is 0 Å². The third-order valence-electron chi connectivity index (χ3n) is 4.88. The molecule has 0 spiro atoms. The molecule has 2 aromatic rings. The molecule has 0 aliphatic heterocycles. The van der Waals surface area contributed by atoms with Gasteiger partial charge in [-0.25, -0.2) is 0 Å². The largest absolute Gasteiger partial charge is 0.385 e. The van der Waals surface area contributed by atoms with E-state index in [0.717, 1.165) is 25.0 Å². The maximum absolute atomic E-state index is 12.9. The van der Waals surface area contributed by atoms with E-state index in [0.29, 0.717) is 36.1 Å². The Kier molecular flexibility index (Phi) is 3.79. The van der Waals surface area contributed by atoms with E-state index in [1.165, 1.54) is 0 Å². The van der Waals surface area contributed by atoms with Crippen molar-refractivity contribution < 1.29 is 24.5 Å². The zero-order chi connectivity index (χ0) is 18.4. The van der Waals surface area contributed by atoms with Crippen LogP contribution >= 0.6 is 10.2 Å². The highest BCUT2D eigenvalue weighted by Crippen LogP contribution is 3.02. The van der Waals surface area contributed by atoms with E-state index in [4.69, 9.17) is 0 Å². The minimum absolute atomic E-state index is 0.427. The van der Waals surface area contributed by atoms with Crippen molar-refractivity contribution in [3.8, 4) is 0 Å². The molecule has 138 valence electrons. The standard InChI is InChI=1S/C18H19F5OS/c19-25(20,21,22,23)16-11-9-14(10-12-16)17-8-4-5-13-18(17,24)15-6-2-1-3-7-15/h1-3,6-7,9-12,17,24H,4-5,8,13H2/t17-,18+/m1/s1. The van der Waals surface area contributed by atoms with Crippen molar-refractivity contribution in [1.82, 2.24) is 0 Å². The molecule has 7 heteroatoms. The van der Waals surface area contributed by atoms with Crippen molar-refractivity contribution in [2.75, 3.05) is 0 Å². The van der Waals surface area contributed by atoms with Gasteiger partial charge in [-0.05, 0) is 36.1 Å². The molecule has 1 fully saturated rings. The van der Waals surface area contributed by atoms with Crippen molar-refractivity contribution in [2.24, 2.45) is 0 Å². The van der Waals surface area contributed by atoms with Crippen molar-refractivity contribution in [3.63, 3.8) is 0 Å². The van der Waals surface area contributed by atoms with Crippen LogP contribution in [0.15, 0.2) is 59.5 Å². The summed E-state index contributed by atoms with van der Waals surface area (Å²) in [5, 5.41) is 11.2. The molecule has 0 aromatic heterocycles. The molecule has 3 rings (SSSR count). The van der Waals surface area contributed by atoms with Gasteiger partial charge in [-0.2, -0.15) is 0 Å². The first-order valence-corrected chi connectivity index (χ1v) is 9.97. The summed E-state index contributed by atoms with van der Waals surface area (Å²) in [6.45, 7) is 0. The molecule has 0 bridgehead atoms. The monoisotopic (exact) mass is 378 g/mol. The molecule has 0 saturated heterocycles. The number of rotatable bonds is 3. The quantitative estimate of drug-likeness (QED) is 0.577. The van der Waals surface area contributed by atoms with Crippen LogP contribution < -0.4 is 0 Å². The molecule has 1 N–H and O–H groups in total. The Morgan fingerprint density at radius 3 is 2.00 bits per heavy atom. The molecular formula is C18H19F5OS. The molecule has 25 heavy (non-hydrogen) atoms. The minimum Gasteiger partial charge on any atom is -0.385 e. The second-order valence-corrected chi connectivity index (χ2v) is 9.04. The summed E-state index contributed by atoms with van der Waals surface area (Å²) >= 11 is 0. The summed E-state index contributed by atoms with van der Waals surface area (Å²) in [7, 11) is -9.68. The number of hydrogen-bond acceptors (Lipinski definition) is 1.